The van der Waals surface area contributed by atoms with Crippen LogP contribution >= 0.6 is 15.6 Å². The number of aliphatic hydroxyl groups excluding tert-OH is 1. The summed E-state index contributed by atoms with van der Waals surface area (Å²) in [7, 11) is -9.91. The van der Waals surface area contributed by atoms with E-state index in [2.05, 4.69) is 34.6 Å². The summed E-state index contributed by atoms with van der Waals surface area (Å²) in [6.07, 6.45) is 61.0. The predicted molar refractivity (Wildman–Crippen MR) is 395 cm³/mol. The van der Waals surface area contributed by atoms with Crippen LogP contribution < -0.4 is 0 Å². The molecule has 0 spiro atoms. The van der Waals surface area contributed by atoms with Crippen LogP contribution in [0, 0.1) is 5.92 Å². The first-order chi connectivity index (χ1) is 47.0. The van der Waals surface area contributed by atoms with Crippen LogP contribution in [0.4, 0.5) is 0 Å². The molecule has 0 amide bonds. The Labute approximate surface area is 594 Å². The lowest BCUT2D eigenvalue weighted by atomic mass is 10.0. The lowest BCUT2D eigenvalue weighted by Gasteiger charge is -2.21. The second-order valence-electron chi connectivity index (χ2n) is 28.6. The fraction of sp³-hybridized carbons (Fsp3) is 0.949. The van der Waals surface area contributed by atoms with E-state index in [4.69, 9.17) is 37.0 Å². The molecule has 0 saturated heterocycles. The number of rotatable bonds is 78. The molecule has 0 aromatic heterocycles. The zero-order valence-corrected chi connectivity index (χ0v) is 65.0. The Hall–Kier alpha value is -1.94. The molecular weight excluding hydrogens is 1270 g/mol. The van der Waals surface area contributed by atoms with Crippen molar-refractivity contribution in [3.63, 3.8) is 0 Å². The van der Waals surface area contributed by atoms with Crippen molar-refractivity contribution in [3.8, 4) is 0 Å². The maximum Gasteiger partial charge on any atom is 0.472 e. The fourth-order valence-electron chi connectivity index (χ4n) is 12.1. The Morgan fingerprint density at radius 1 is 0.278 bits per heavy atom. The van der Waals surface area contributed by atoms with Gasteiger partial charge < -0.3 is 33.8 Å². The first kappa shape index (κ1) is 95.1. The Balaban J connectivity index is 5.23. The molecule has 3 N–H and O–H groups in total. The normalized spacial score (nSPS) is 13.9. The van der Waals surface area contributed by atoms with Crippen molar-refractivity contribution in [1.29, 1.82) is 0 Å². The standard InChI is InChI=1S/C78H152O17P2/c1-6-9-12-15-18-21-24-27-29-30-31-32-34-36-39-42-49-54-59-64-78(83)94-73(67-88-75(80)61-56-51-46-40-38-35-33-28-25-22-19-16-13-10-7-2)69-92-96(84,85)90-65-72(79)66-91-97(86,87)93-70-74(68-89-76(81)62-57-52-47-44-43-45-50-55-60-71(4)5)95-77(82)63-58-53-48-41-37-26-23-20-17-14-11-8-3/h71-74,79H,6-70H2,1-5H3,(H,84,85)(H,86,87)/t72-,73-,74-/m1/s1. The minimum Gasteiger partial charge on any atom is -0.462 e. The van der Waals surface area contributed by atoms with Gasteiger partial charge in [-0.2, -0.15) is 0 Å². The first-order valence-electron chi connectivity index (χ1n) is 40.6. The van der Waals surface area contributed by atoms with Gasteiger partial charge in [0.05, 0.1) is 26.4 Å². The molecule has 97 heavy (non-hydrogen) atoms. The fourth-order valence-corrected chi connectivity index (χ4v) is 13.6. The van der Waals surface area contributed by atoms with Crippen LogP contribution in [-0.2, 0) is 65.4 Å². The summed E-state index contributed by atoms with van der Waals surface area (Å²) >= 11 is 0. The first-order valence-corrected chi connectivity index (χ1v) is 43.6. The molecule has 5 atom stereocenters. The van der Waals surface area contributed by atoms with E-state index in [9.17, 15) is 43.2 Å². The van der Waals surface area contributed by atoms with Gasteiger partial charge in [-0.3, -0.25) is 37.3 Å². The molecule has 19 heteroatoms. The van der Waals surface area contributed by atoms with Crippen LogP contribution in [0.2, 0.25) is 0 Å². The van der Waals surface area contributed by atoms with Gasteiger partial charge in [0.25, 0.3) is 0 Å². The van der Waals surface area contributed by atoms with Gasteiger partial charge >= 0.3 is 39.5 Å². The second-order valence-corrected chi connectivity index (χ2v) is 31.5. The molecule has 0 radical (unpaired) electrons. The Kier molecular flexibility index (Phi) is 69.6. The molecule has 0 rings (SSSR count). The molecule has 0 heterocycles. The van der Waals surface area contributed by atoms with Crippen LogP contribution in [0.3, 0.4) is 0 Å². The largest absolute Gasteiger partial charge is 0.472 e. The van der Waals surface area contributed by atoms with Crippen LogP contribution in [0.5, 0.6) is 0 Å². The maximum atomic E-state index is 13.1. The topological polar surface area (TPSA) is 237 Å². The maximum absolute atomic E-state index is 13.1. The predicted octanol–water partition coefficient (Wildman–Crippen LogP) is 23.3. The van der Waals surface area contributed by atoms with E-state index in [0.29, 0.717) is 25.7 Å². The highest BCUT2D eigenvalue weighted by Crippen LogP contribution is 2.45. The number of esters is 4. The molecule has 0 aliphatic heterocycles. The smallest absolute Gasteiger partial charge is 0.462 e. The van der Waals surface area contributed by atoms with Crippen molar-refractivity contribution in [2.75, 3.05) is 39.6 Å². The minimum atomic E-state index is -4.96. The van der Waals surface area contributed by atoms with Crippen LogP contribution in [0.25, 0.3) is 0 Å². The highest BCUT2D eigenvalue weighted by Gasteiger charge is 2.30. The highest BCUT2D eigenvalue weighted by atomic mass is 31.2. The summed E-state index contributed by atoms with van der Waals surface area (Å²) in [6, 6.07) is 0. The minimum absolute atomic E-state index is 0.107. The number of hydrogen-bond acceptors (Lipinski definition) is 15. The molecule has 0 aromatic carbocycles. The Morgan fingerprint density at radius 3 is 0.701 bits per heavy atom. The summed E-state index contributed by atoms with van der Waals surface area (Å²) < 4.78 is 68.6. The molecule has 0 aliphatic rings. The second kappa shape index (κ2) is 71.1. The van der Waals surface area contributed by atoms with Crippen molar-refractivity contribution in [3.05, 3.63) is 0 Å². The Bertz CT molecular complexity index is 1860. The van der Waals surface area contributed by atoms with Crippen molar-refractivity contribution in [2.45, 2.75) is 432 Å². The van der Waals surface area contributed by atoms with Crippen LogP contribution in [0.1, 0.15) is 413 Å². The van der Waals surface area contributed by atoms with Gasteiger partial charge in [-0.05, 0) is 31.6 Å². The van der Waals surface area contributed by atoms with E-state index >= 15 is 0 Å². The molecule has 576 valence electrons. The van der Waals surface area contributed by atoms with E-state index in [1.807, 2.05) is 0 Å². The van der Waals surface area contributed by atoms with Crippen LogP contribution in [-0.4, -0.2) is 96.7 Å². The number of ether oxygens (including phenoxy) is 4. The average Bonchev–Trinajstić information content (AvgIpc) is 1.26. The van der Waals surface area contributed by atoms with E-state index < -0.39 is 97.5 Å². The van der Waals surface area contributed by atoms with Gasteiger partial charge in [-0.1, -0.05) is 362 Å². The van der Waals surface area contributed by atoms with Crippen molar-refractivity contribution in [2.24, 2.45) is 5.92 Å². The van der Waals surface area contributed by atoms with Crippen molar-refractivity contribution in [1.82, 2.24) is 0 Å². The molecule has 0 fully saturated rings. The lowest BCUT2D eigenvalue weighted by Crippen LogP contribution is -2.30. The van der Waals surface area contributed by atoms with Gasteiger partial charge in [0.2, 0.25) is 0 Å². The SMILES string of the molecule is CCCCCCCCCCCCCCCCCCCCCC(=O)O[C@H](COC(=O)CCCCCCCCCCCCCCCCC)COP(=O)(O)OC[C@@H](O)COP(=O)(O)OC[C@@H](COC(=O)CCCCCCCCCCC(C)C)OC(=O)CCCCCCCCCCCCCC. The molecule has 17 nitrogen and oxygen atoms in total. The summed E-state index contributed by atoms with van der Waals surface area (Å²) in [5.41, 5.74) is 0. The molecule has 0 saturated carbocycles. The summed E-state index contributed by atoms with van der Waals surface area (Å²) in [6.45, 7) is 7.28. The van der Waals surface area contributed by atoms with Crippen molar-refractivity contribution < 1.29 is 80.2 Å². The number of carbonyl (C=O) groups excluding carboxylic acids is 4. The van der Waals surface area contributed by atoms with Gasteiger partial charge in [0.15, 0.2) is 12.2 Å². The number of aliphatic hydroxyl groups is 1. The van der Waals surface area contributed by atoms with E-state index in [-0.39, 0.29) is 25.7 Å². The molecule has 0 aromatic rings. The summed E-state index contributed by atoms with van der Waals surface area (Å²) in [4.78, 5) is 72.9. The third-order valence-electron chi connectivity index (χ3n) is 18.3. The third-order valence-corrected chi connectivity index (χ3v) is 20.2. The van der Waals surface area contributed by atoms with Gasteiger partial charge in [0, 0.05) is 25.7 Å². The zero-order valence-electron chi connectivity index (χ0n) is 63.2. The molecular formula is C78H152O17P2. The molecule has 2 unspecified atom stereocenters. The van der Waals surface area contributed by atoms with E-state index in [0.717, 1.165) is 95.8 Å². The quantitative estimate of drug-likeness (QED) is 0.0222. The van der Waals surface area contributed by atoms with Gasteiger partial charge in [-0.15, -0.1) is 0 Å². The lowest BCUT2D eigenvalue weighted by molar-refractivity contribution is -0.161. The van der Waals surface area contributed by atoms with E-state index in [1.54, 1.807) is 0 Å². The Morgan fingerprint density at radius 2 is 0.474 bits per heavy atom. The summed E-state index contributed by atoms with van der Waals surface area (Å²) in [5.74, 6) is -1.38. The molecule has 0 bridgehead atoms. The monoisotopic (exact) mass is 1420 g/mol. The van der Waals surface area contributed by atoms with Crippen molar-refractivity contribution >= 4 is 39.5 Å². The van der Waals surface area contributed by atoms with Gasteiger partial charge in [-0.25, -0.2) is 9.13 Å². The number of phosphoric acid groups is 2. The number of hydrogen-bond donors (Lipinski definition) is 3. The third kappa shape index (κ3) is 72.2. The molecule has 0 aliphatic carbocycles. The average molecular weight is 1420 g/mol. The van der Waals surface area contributed by atoms with Crippen LogP contribution in [0.15, 0.2) is 0 Å². The number of phosphoric ester groups is 2. The number of carbonyl (C=O) groups is 4. The zero-order chi connectivity index (χ0) is 71.2. The number of unbranched alkanes of at least 4 members (excludes halogenated alkanes) is 50. The van der Waals surface area contributed by atoms with Gasteiger partial charge in [0.1, 0.15) is 19.3 Å². The highest BCUT2D eigenvalue weighted by molar-refractivity contribution is 7.47. The van der Waals surface area contributed by atoms with E-state index in [1.165, 1.54) is 238 Å². The summed E-state index contributed by atoms with van der Waals surface area (Å²) in [5, 5.41) is 10.6.